The van der Waals surface area contributed by atoms with Crippen molar-refractivity contribution in [1.82, 2.24) is 9.97 Å². The van der Waals surface area contributed by atoms with Crippen LogP contribution in [-0.4, -0.2) is 17.0 Å². The van der Waals surface area contributed by atoms with Crippen molar-refractivity contribution < 1.29 is 0 Å². The molecule has 0 N–H and O–H groups in total. The molecule has 4 heteroatoms. The van der Waals surface area contributed by atoms with Crippen LogP contribution in [0.25, 0.3) is 11.0 Å². The predicted molar refractivity (Wildman–Crippen MR) is 83.5 cm³/mol. The fraction of sp³-hybridized carbons (Fsp3) is 0.118. The number of benzene rings is 2. The Morgan fingerprint density at radius 3 is 2.19 bits per heavy atom. The zero-order chi connectivity index (χ0) is 14.8. The Kier molecular flexibility index (Phi) is 3.25. The predicted octanol–water partition coefficient (Wildman–Crippen LogP) is 3.58. The summed E-state index contributed by atoms with van der Waals surface area (Å²) >= 11 is 0. The molecule has 0 atom stereocenters. The molecule has 0 radical (unpaired) electrons. The second-order valence-corrected chi connectivity index (χ2v) is 4.84. The Bertz CT molecular complexity index is 832. The van der Waals surface area contributed by atoms with Gasteiger partial charge in [-0.2, -0.15) is 5.26 Å². The lowest BCUT2D eigenvalue weighted by atomic mass is 10.2. The SMILES string of the molecule is Cc1nc2ccccc2nc1N(C)c1ccc(C#N)cc1. The first kappa shape index (κ1) is 13.1. The lowest BCUT2D eigenvalue weighted by Crippen LogP contribution is -2.13. The molecule has 0 bridgehead atoms. The number of hydrogen-bond acceptors (Lipinski definition) is 4. The highest BCUT2D eigenvalue weighted by Crippen LogP contribution is 2.26. The average molecular weight is 274 g/mol. The molecular weight excluding hydrogens is 260 g/mol. The Morgan fingerprint density at radius 1 is 0.952 bits per heavy atom. The third kappa shape index (κ3) is 2.41. The number of nitrogens with zero attached hydrogens (tertiary/aromatic N) is 4. The second-order valence-electron chi connectivity index (χ2n) is 4.84. The molecule has 0 fully saturated rings. The van der Waals surface area contributed by atoms with E-state index in [0.29, 0.717) is 5.56 Å². The maximum atomic E-state index is 8.86. The highest BCUT2D eigenvalue weighted by Gasteiger charge is 2.11. The van der Waals surface area contributed by atoms with E-state index in [1.54, 1.807) is 12.1 Å². The quantitative estimate of drug-likeness (QED) is 0.716. The molecule has 1 heterocycles. The third-order valence-electron chi connectivity index (χ3n) is 3.42. The average Bonchev–Trinajstić information content (AvgIpc) is 2.53. The van der Waals surface area contributed by atoms with Crippen molar-refractivity contribution in [3.63, 3.8) is 0 Å². The van der Waals surface area contributed by atoms with Gasteiger partial charge < -0.3 is 4.90 Å². The van der Waals surface area contributed by atoms with Gasteiger partial charge in [0.2, 0.25) is 0 Å². The highest BCUT2D eigenvalue weighted by atomic mass is 15.2. The molecule has 0 aliphatic carbocycles. The van der Waals surface area contributed by atoms with E-state index in [2.05, 4.69) is 11.1 Å². The molecular formula is C17H14N4. The first-order chi connectivity index (χ1) is 10.2. The molecule has 0 amide bonds. The first-order valence-corrected chi connectivity index (χ1v) is 6.66. The van der Waals surface area contributed by atoms with Crippen molar-refractivity contribution in [2.75, 3.05) is 11.9 Å². The number of para-hydroxylation sites is 2. The van der Waals surface area contributed by atoms with Crippen LogP contribution in [0.1, 0.15) is 11.3 Å². The van der Waals surface area contributed by atoms with Crippen LogP contribution in [-0.2, 0) is 0 Å². The summed E-state index contributed by atoms with van der Waals surface area (Å²) in [5.41, 5.74) is 4.27. The molecule has 0 saturated carbocycles. The maximum absolute atomic E-state index is 8.86. The lowest BCUT2D eigenvalue weighted by molar-refractivity contribution is 1.08. The molecule has 0 spiro atoms. The van der Waals surface area contributed by atoms with Crippen LogP contribution in [0.3, 0.4) is 0 Å². The van der Waals surface area contributed by atoms with Gasteiger partial charge in [-0.05, 0) is 43.3 Å². The zero-order valence-corrected chi connectivity index (χ0v) is 11.9. The number of aryl methyl sites for hydroxylation is 1. The Hall–Kier alpha value is -2.93. The minimum atomic E-state index is 0.647. The highest BCUT2D eigenvalue weighted by molar-refractivity contribution is 5.77. The number of aromatic nitrogens is 2. The number of rotatable bonds is 2. The smallest absolute Gasteiger partial charge is 0.154 e. The molecule has 21 heavy (non-hydrogen) atoms. The van der Waals surface area contributed by atoms with Gasteiger partial charge in [-0.1, -0.05) is 12.1 Å². The standard InChI is InChI=1S/C17H14N4/c1-12-17(20-16-6-4-3-5-15(16)19-12)21(2)14-9-7-13(11-18)8-10-14/h3-10H,1-2H3. The minimum Gasteiger partial charge on any atom is -0.328 e. The minimum absolute atomic E-state index is 0.647. The summed E-state index contributed by atoms with van der Waals surface area (Å²) in [6, 6.07) is 17.4. The van der Waals surface area contributed by atoms with E-state index in [9.17, 15) is 0 Å². The van der Waals surface area contributed by atoms with Gasteiger partial charge in [-0.15, -0.1) is 0 Å². The summed E-state index contributed by atoms with van der Waals surface area (Å²) in [5, 5.41) is 8.86. The third-order valence-corrected chi connectivity index (χ3v) is 3.42. The van der Waals surface area contributed by atoms with Crippen LogP contribution in [0.2, 0.25) is 0 Å². The molecule has 3 rings (SSSR count). The van der Waals surface area contributed by atoms with E-state index in [4.69, 9.17) is 10.2 Å². The van der Waals surface area contributed by atoms with E-state index in [1.165, 1.54) is 0 Å². The molecule has 0 aliphatic rings. The largest absolute Gasteiger partial charge is 0.328 e. The van der Waals surface area contributed by atoms with E-state index in [0.717, 1.165) is 28.2 Å². The number of nitriles is 1. The first-order valence-electron chi connectivity index (χ1n) is 6.66. The van der Waals surface area contributed by atoms with Crippen molar-refractivity contribution in [2.45, 2.75) is 6.92 Å². The fourth-order valence-corrected chi connectivity index (χ4v) is 2.28. The van der Waals surface area contributed by atoms with Crippen molar-refractivity contribution in [3.8, 4) is 6.07 Å². The Labute approximate surface area is 123 Å². The topological polar surface area (TPSA) is 52.8 Å². The van der Waals surface area contributed by atoms with Gasteiger partial charge in [0.25, 0.3) is 0 Å². The second kappa shape index (κ2) is 5.22. The van der Waals surface area contributed by atoms with Crippen LogP contribution in [0.5, 0.6) is 0 Å². The van der Waals surface area contributed by atoms with Gasteiger partial charge in [0, 0.05) is 12.7 Å². The van der Waals surface area contributed by atoms with Gasteiger partial charge in [0.05, 0.1) is 28.4 Å². The Morgan fingerprint density at radius 2 is 1.57 bits per heavy atom. The molecule has 0 saturated heterocycles. The summed E-state index contributed by atoms with van der Waals surface area (Å²) in [6.45, 7) is 1.95. The normalized spacial score (nSPS) is 10.3. The molecule has 0 aliphatic heterocycles. The van der Waals surface area contributed by atoms with Gasteiger partial charge in [0.1, 0.15) is 0 Å². The van der Waals surface area contributed by atoms with Crippen LogP contribution < -0.4 is 4.90 Å². The van der Waals surface area contributed by atoms with Crippen LogP contribution in [0.15, 0.2) is 48.5 Å². The van der Waals surface area contributed by atoms with Gasteiger partial charge in [0.15, 0.2) is 5.82 Å². The number of anilines is 2. The van der Waals surface area contributed by atoms with Crippen molar-refractivity contribution >= 4 is 22.5 Å². The lowest BCUT2D eigenvalue weighted by Gasteiger charge is -2.20. The molecule has 102 valence electrons. The van der Waals surface area contributed by atoms with Crippen molar-refractivity contribution in [3.05, 3.63) is 59.8 Å². The van der Waals surface area contributed by atoms with E-state index in [1.807, 2.05) is 55.3 Å². The van der Waals surface area contributed by atoms with Gasteiger partial charge in [-0.25, -0.2) is 9.97 Å². The molecule has 4 nitrogen and oxygen atoms in total. The number of fused-ring (bicyclic) bond motifs is 1. The van der Waals surface area contributed by atoms with Gasteiger partial charge >= 0.3 is 0 Å². The zero-order valence-electron chi connectivity index (χ0n) is 11.9. The summed E-state index contributed by atoms with van der Waals surface area (Å²) in [5.74, 6) is 0.818. The Balaban J connectivity index is 2.06. The van der Waals surface area contributed by atoms with Crippen LogP contribution >= 0.6 is 0 Å². The summed E-state index contributed by atoms with van der Waals surface area (Å²) in [6.07, 6.45) is 0. The molecule has 2 aromatic carbocycles. The number of hydrogen-bond donors (Lipinski definition) is 0. The summed E-state index contributed by atoms with van der Waals surface area (Å²) in [7, 11) is 1.95. The van der Waals surface area contributed by atoms with Crippen molar-refractivity contribution in [2.24, 2.45) is 0 Å². The van der Waals surface area contributed by atoms with Crippen molar-refractivity contribution in [1.29, 1.82) is 5.26 Å². The monoisotopic (exact) mass is 274 g/mol. The van der Waals surface area contributed by atoms with E-state index in [-0.39, 0.29) is 0 Å². The fourth-order valence-electron chi connectivity index (χ4n) is 2.28. The molecule has 1 aromatic heterocycles. The molecule has 0 unspecified atom stereocenters. The van der Waals surface area contributed by atoms with E-state index < -0.39 is 0 Å². The summed E-state index contributed by atoms with van der Waals surface area (Å²) < 4.78 is 0. The van der Waals surface area contributed by atoms with Gasteiger partial charge in [-0.3, -0.25) is 0 Å². The summed E-state index contributed by atoms with van der Waals surface area (Å²) in [4.78, 5) is 11.3. The van der Waals surface area contributed by atoms with Crippen LogP contribution in [0, 0.1) is 18.3 Å². The maximum Gasteiger partial charge on any atom is 0.154 e. The van der Waals surface area contributed by atoms with E-state index >= 15 is 0 Å². The van der Waals surface area contributed by atoms with Crippen LogP contribution in [0.4, 0.5) is 11.5 Å². The molecule has 3 aromatic rings.